The van der Waals surface area contributed by atoms with Crippen molar-refractivity contribution >= 4 is 0 Å². The average Bonchev–Trinajstić information content (AvgIpc) is 2.23. The zero-order valence-electron chi connectivity index (χ0n) is 7.83. The molecule has 76 valence electrons. The summed E-state index contributed by atoms with van der Waals surface area (Å²) < 4.78 is 0. The van der Waals surface area contributed by atoms with Gasteiger partial charge in [-0.1, -0.05) is 6.07 Å². The Labute approximate surface area is 82.6 Å². The van der Waals surface area contributed by atoms with Gasteiger partial charge in [-0.3, -0.25) is 0 Å². The van der Waals surface area contributed by atoms with Crippen molar-refractivity contribution in [3.63, 3.8) is 0 Å². The summed E-state index contributed by atoms with van der Waals surface area (Å²) in [7, 11) is 0. The van der Waals surface area contributed by atoms with Crippen LogP contribution in [0.3, 0.4) is 0 Å². The highest BCUT2D eigenvalue weighted by atomic mass is 16.3. The maximum absolute atomic E-state index is 9.33. The lowest BCUT2D eigenvalue weighted by Crippen LogP contribution is -2.42. The number of phenols is 2. The number of phenolic OH excluding ortho intramolecular Hbond substituents is 2. The molecule has 1 heterocycles. The fourth-order valence-corrected chi connectivity index (χ4v) is 1.65. The molecule has 4 nitrogen and oxygen atoms in total. The number of piperazine rings is 1. The predicted octanol–water partition coefficient (Wildman–Crippen LogP) is 0.332. The zero-order chi connectivity index (χ0) is 9.97. The van der Waals surface area contributed by atoms with E-state index in [1.807, 2.05) is 6.07 Å². The Morgan fingerprint density at radius 2 is 2.00 bits per heavy atom. The normalized spacial score (nSPS) is 22.1. The molecule has 1 fully saturated rings. The first-order valence-electron chi connectivity index (χ1n) is 4.73. The number of hydrogen-bond acceptors (Lipinski definition) is 4. The third-order valence-corrected chi connectivity index (χ3v) is 2.44. The van der Waals surface area contributed by atoms with Crippen LogP contribution in [0.25, 0.3) is 0 Å². The molecule has 2 rings (SSSR count). The van der Waals surface area contributed by atoms with Crippen LogP contribution in [0.5, 0.6) is 11.5 Å². The molecule has 4 N–H and O–H groups in total. The summed E-state index contributed by atoms with van der Waals surface area (Å²) in [6.45, 7) is 2.75. The second kappa shape index (κ2) is 3.86. The summed E-state index contributed by atoms with van der Waals surface area (Å²) in [6, 6.07) is 5.15. The molecule has 1 aromatic carbocycles. The molecule has 0 radical (unpaired) electrons. The van der Waals surface area contributed by atoms with Gasteiger partial charge in [0.15, 0.2) is 11.5 Å². The van der Waals surface area contributed by atoms with Crippen molar-refractivity contribution in [1.29, 1.82) is 0 Å². The second-order valence-electron chi connectivity index (χ2n) is 3.46. The van der Waals surface area contributed by atoms with E-state index in [0.29, 0.717) is 0 Å². The van der Waals surface area contributed by atoms with Crippen LogP contribution in [-0.2, 0) is 0 Å². The Bertz CT molecular complexity index is 322. The van der Waals surface area contributed by atoms with Gasteiger partial charge in [0.25, 0.3) is 0 Å². The number of hydrogen-bond donors (Lipinski definition) is 4. The van der Waals surface area contributed by atoms with Gasteiger partial charge in [-0.25, -0.2) is 0 Å². The van der Waals surface area contributed by atoms with E-state index in [1.165, 1.54) is 6.07 Å². The highest BCUT2D eigenvalue weighted by molar-refractivity contribution is 5.41. The van der Waals surface area contributed by atoms with Crippen LogP contribution in [0.4, 0.5) is 0 Å². The van der Waals surface area contributed by atoms with Gasteiger partial charge < -0.3 is 20.8 Å². The molecule has 1 aliphatic rings. The molecule has 0 saturated carbocycles. The number of rotatable bonds is 1. The largest absolute Gasteiger partial charge is 0.504 e. The van der Waals surface area contributed by atoms with Crippen LogP contribution in [-0.4, -0.2) is 29.8 Å². The molecule has 0 aliphatic carbocycles. The molecule has 1 atom stereocenters. The van der Waals surface area contributed by atoms with Gasteiger partial charge in [0.05, 0.1) is 0 Å². The molecule has 14 heavy (non-hydrogen) atoms. The van der Waals surface area contributed by atoms with Gasteiger partial charge in [0.2, 0.25) is 0 Å². The molecular formula is C10H14N2O2. The summed E-state index contributed by atoms with van der Waals surface area (Å²) in [5.41, 5.74) is 0.993. The van der Waals surface area contributed by atoms with E-state index in [1.54, 1.807) is 6.07 Å². The van der Waals surface area contributed by atoms with E-state index in [-0.39, 0.29) is 17.5 Å². The molecule has 1 aromatic rings. The molecule has 0 unspecified atom stereocenters. The summed E-state index contributed by atoms with van der Waals surface area (Å²) in [6.07, 6.45) is 0. The molecular weight excluding hydrogens is 180 g/mol. The van der Waals surface area contributed by atoms with E-state index in [9.17, 15) is 5.11 Å². The van der Waals surface area contributed by atoms with Gasteiger partial charge in [0, 0.05) is 25.7 Å². The van der Waals surface area contributed by atoms with Gasteiger partial charge in [-0.15, -0.1) is 0 Å². The standard InChI is InChI=1S/C10H14N2O2/c13-9-2-1-7(5-10(9)14)8-6-11-3-4-12-8/h1-2,5,8,11-14H,3-4,6H2/t8-/m1/s1. The van der Waals surface area contributed by atoms with Crippen LogP contribution in [0.1, 0.15) is 11.6 Å². The molecule has 4 heteroatoms. The highest BCUT2D eigenvalue weighted by Crippen LogP contribution is 2.27. The van der Waals surface area contributed by atoms with Gasteiger partial charge in [0.1, 0.15) is 0 Å². The van der Waals surface area contributed by atoms with Gasteiger partial charge in [-0.05, 0) is 17.7 Å². The van der Waals surface area contributed by atoms with Crippen molar-refractivity contribution in [2.24, 2.45) is 0 Å². The van der Waals surface area contributed by atoms with E-state index < -0.39 is 0 Å². The minimum Gasteiger partial charge on any atom is -0.504 e. The summed E-state index contributed by atoms with van der Waals surface area (Å²) in [5.74, 6) is -0.132. The van der Waals surface area contributed by atoms with Crippen molar-refractivity contribution in [3.05, 3.63) is 23.8 Å². The Balaban J connectivity index is 2.18. The number of aromatic hydroxyl groups is 2. The topological polar surface area (TPSA) is 64.5 Å². The average molecular weight is 194 g/mol. The van der Waals surface area contributed by atoms with Crippen LogP contribution >= 0.6 is 0 Å². The molecule has 0 spiro atoms. The molecule has 1 aliphatic heterocycles. The minimum absolute atomic E-state index is 0.0603. The van der Waals surface area contributed by atoms with Gasteiger partial charge in [-0.2, -0.15) is 0 Å². The number of nitrogens with one attached hydrogen (secondary N) is 2. The molecule has 0 bridgehead atoms. The Morgan fingerprint density at radius 3 is 2.64 bits per heavy atom. The van der Waals surface area contributed by atoms with Crippen LogP contribution in [0.2, 0.25) is 0 Å². The highest BCUT2D eigenvalue weighted by Gasteiger charge is 2.15. The van der Waals surface area contributed by atoms with Crippen molar-refractivity contribution in [2.75, 3.05) is 19.6 Å². The molecule has 0 aromatic heterocycles. The van der Waals surface area contributed by atoms with Crippen LogP contribution in [0.15, 0.2) is 18.2 Å². The fourth-order valence-electron chi connectivity index (χ4n) is 1.65. The Kier molecular flexibility index (Phi) is 2.56. The van der Waals surface area contributed by atoms with E-state index in [4.69, 9.17) is 5.11 Å². The van der Waals surface area contributed by atoms with Gasteiger partial charge >= 0.3 is 0 Å². The van der Waals surface area contributed by atoms with E-state index in [2.05, 4.69) is 10.6 Å². The third kappa shape index (κ3) is 1.81. The SMILES string of the molecule is Oc1ccc([C@H]2CNCCN2)cc1O. The molecule has 0 amide bonds. The lowest BCUT2D eigenvalue weighted by Gasteiger charge is -2.24. The first kappa shape index (κ1) is 9.30. The zero-order valence-corrected chi connectivity index (χ0v) is 7.83. The maximum atomic E-state index is 9.33. The van der Waals surface area contributed by atoms with Crippen molar-refractivity contribution in [3.8, 4) is 11.5 Å². The first-order chi connectivity index (χ1) is 6.77. The van der Waals surface area contributed by atoms with E-state index in [0.717, 1.165) is 25.2 Å². The minimum atomic E-state index is -0.0717. The van der Waals surface area contributed by atoms with Crippen molar-refractivity contribution in [2.45, 2.75) is 6.04 Å². The number of benzene rings is 1. The first-order valence-corrected chi connectivity index (χ1v) is 4.73. The summed E-state index contributed by atoms with van der Waals surface area (Å²) in [5, 5.41) is 25.1. The Morgan fingerprint density at radius 1 is 1.14 bits per heavy atom. The maximum Gasteiger partial charge on any atom is 0.157 e. The monoisotopic (exact) mass is 194 g/mol. The van der Waals surface area contributed by atoms with E-state index >= 15 is 0 Å². The van der Waals surface area contributed by atoms with Crippen LogP contribution < -0.4 is 10.6 Å². The van der Waals surface area contributed by atoms with Crippen LogP contribution in [0, 0.1) is 0 Å². The van der Waals surface area contributed by atoms with Crippen molar-refractivity contribution < 1.29 is 10.2 Å². The summed E-state index contributed by atoms with van der Waals surface area (Å²) in [4.78, 5) is 0. The predicted molar refractivity (Wildman–Crippen MR) is 53.4 cm³/mol. The molecule has 1 saturated heterocycles. The lowest BCUT2D eigenvalue weighted by atomic mass is 10.0. The lowest BCUT2D eigenvalue weighted by molar-refractivity contribution is 0.397. The Hall–Kier alpha value is -1.26. The summed E-state index contributed by atoms with van der Waals surface area (Å²) >= 11 is 0. The third-order valence-electron chi connectivity index (χ3n) is 2.44. The second-order valence-corrected chi connectivity index (χ2v) is 3.46. The van der Waals surface area contributed by atoms with Crippen molar-refractivity contribution in [1.82, 2.24) is 10.6 Å². The smallest absolute Gasteiger partial charge is 0.157 e. The quantitative estimate of drug-likeness (QED) is 0.486. The fraction of sp³-hybridized carbons (Fsp3) is 0.400.